The smallest absolute Gasteiger partial charge is 0.258 e. The number of rotatable bonds is 4. The van der Waals surface area contributed by atoms with Gasteiger partial charge in [0.05, 0.1) is 4.90 Å². The maximum Gasteiger partial charge on any atom is 0.258 e. The van der Waals surface area contributed by atoms with Crippen LogP contribution in [0.4, 0.5) is 5.69 Å². The zero-order valence-corrected chi connectivity index (χ0v) is 14.0. The van der Waals surface area contributed by atoms with E-state index in [2.05, 4.69) is 0 Å². The van der Waals surface area contributed by atoms with E-state index in [4.69, 9.17) is 0 Å². The minimum atomic E-state index is -3.23. The normalized spacial score (nSPS) is 14.5. The summed E-state index contributed by atoms with van der Waals surface area (Å²) in [6, 6.07) is 14.1. The predicted octanol–water partition coefficient (Wildman–Crippen LogP) is 3.24. The van der Waals surface area contributed by atoms with Crippen LogP contribution in [-0.4, -0.2) is 27.6 Å². The second-order valence-corrected chi connectivity index (χ2v) is 8.04. The van der Waals surface area contributed by atoms with Gasteiger partial charge < -0.3 is 4.90 Å². The number of carbonyl (C=O) groups excluding carboxylic acids is 1. The minimum absolute atomic E-state index is 0.112. The van der Waals surface area contributed by atoms with Gasteiger partial charge in [-0.3, -0.25) is 4.79 Å². The molecule has 23 heavy (non-hydrogen) atoms. The summed E-state index contributed by atoms with van der Waals surface area (Å²) in [5, 5.41) is 0. The maximum atomic E-state index is 12.5. The summed E-state index contributed by atoms with van der Waals surface area (Å²) in [5.74, 6) is 0.555. The number of benzene rings is 2. The van der Waals surface area contributed by atoms with Crippen molar-refractivity contribution in [2.45, 2.75) is 23.7 Å². The van der Waals surface area contributed by atoms with Crippen molar-refractivity contribution in [3.63, 3.8) is 0 Å². The molecular formula is C18H19NO3S. The third-order valence-electron chi connectivity index (χ3n) is 4.16. The van der Waals surface area contributed by atoms with Gasteiger partial charge in [0.15, 0.2) is 9.84 Å². The van der Waals surface area contributed by atoms with Crippen LogP contribution in [0.2, 0.25) is 0 Å². The molecule has 0 radical (unpaired) electrons. The molecule has 1 aliphatic rings. The summed E-state index contributed by atoms with van der Waals surface area (Å²) in [5.41, 5.74) is 2.58. The molecule has 0 aliphatic heterocycles. The lowest BCUT2D eigenvalue weighted by molar-refractivity contribution is 0.0993. The molecule has 3 rings (SSSR count). The molecule has 0 spiro atoms. The van der Waals surface area contributed by atoms with E-state index in [9.17, 15) is 13.2 Å². The molecule has 1 fully saturated rings. The van der Waals surface area contributed by atoms with Crippen LogP contribution in [0.15, 0.2) is 53.4 Å². The highest BCUT2D eigenvalue weighted by Crippen LogP contribution is 2.39. The Morgan fingerprint density at radius 3 is 2.04 bits per heavy atom. The molecule has 0 N–H and O–H groups in total. The lowest BCUT2D eigenvalue weighted by Gasteiger charge is -2.18. The minimum Gasteiger partial charge on any atom is -0.311 e. The topological polar surface area (TPSA) is 54.5 Å². The quantitative estimate of drug-likeness (QED) is 0.865. The number of amides is 1. The first kappa shape index (κ1) is 15.7. The highest BCUT2D eigenvalue weighted by atomic mass is 32.2. The number of nitrogens with zero attached hydrogens (tertiary/aromatic N) is 1. The SMILES string of the molecule is CN(C(=O)c1ccc(C2CC2)cc1)c1ccc(S(C)(=O)=O)cc1. The number of anilines is 1. The lowest BCUT2D eigenvalue weighted by Crippen LogP contribution is -2.26. The van der Waals surface area contributed by atoms with Gasteiger partial charge in [-0.15, -0.1) is 0 Å². The molecule has 1 aliphatic carbocycles. The fourth-order valence-corrected chi connectivity index (χ4v) is 3.17. The Morgan fingerprint density at radius 2 is 1.57 bits per heavy atom. The lowest BCUT2D eigenvalue weighted by atomic mass is 10.1. The average Bonchev–Trinajstić information content (AvgIpc) is 3.38. The van der Waals surface area contributed by atoms with Gasteiger partial charge in [0.2, 0.25) is 0 Å². The summed E-state index contributed by atoms with van der Waals surface area (Å²) < 4.78 is 23.0. The number of hydrogen-bond acceptors (Lipinski definition) is 3. The molecule has 0 saturated heterocycles. The van der Waals surface area contributed by atoms with E-state index in [0.717, 1.165) is 6.26 Å². The second-order valence-electron chi connectivity index (χ2n) is 6.03. The van der Waals surface area contributed by atoms with E-state index < -0.39 is 9.84 Å². The van der Waals surface area contributed by atoms with Crippen LogP contribution in [0.5, 0.6) is 0 Å². The van der Waals surface area contributed by atoms with Crippen molar-refractivity contribution in [2.24, 2.45) is 0 Å². The van der Waals surface area contributed by atoms with Gasteiger partial charge in [-0.05, 0) is 60.7 Å². The van der Waals surface area contributed by atoms with E-state index >= 15 is 0 Å². The van der Waals surface area contributed by atoms with Gasteiger partial charge in [0.1, 0.15) is 0 Å². The monoisotopic (exact) mass is 329 g/mol. The fraction of sp³-hybridized carbons (Fsp3) is 0.278. The van der Waals surface area contributed by atoms with Crippen molar-refractivity contribution in [3.05, 3.63) is 59.7 Å². The molecule has 2 aromatic carbocycles. The van der Waals surface area contributed by atoms with Gasteiger partial charge in [-0.2, -0.15) is 0 Å². The molecule has 5 heteroatoms. The highest BCUT2D eigenvalue weighted by Gasteiger charge is 2.23. The summed E-state index contributed by atoms with van der Waals surface area (Å²) in [4.78, 5) is 14.3. The molecule has 0 aromatic heterocycles. The molecule has 1 amide bonds. The standard InChI is InChI=1S/C18H19NO3S/c1-19(16-9-11-17(12-10-16)23(2,21)22)18(20)15-7-5-14(6-8-15)13-3-4-13/h5-13H,3-4H2,1-2H3. The van der Waals surface area contributed by atoms with Crippen molar-refractivity contribution >= 4 is 21.4 Å². The van der Waals surface area contributed by atoms with Crippen molar-refractivity contribution < 1.29 is 13.2 Å². The van der Waals surface area contributed by atoms with E-state index in [1.54, 1.807) is 19.2 Å². The first-order valence-electron chi connectivity index (χ1n) is 7.54. The third kappa shape index (κ3) is 3.45. The maximum absolute atomic E-state index is 12.5. The van der Waals surface area contributed by atoms with Crippen LogP contribution in [0.1, 0.15) is 34.7 Å². The fourth-order valence-electron chi connectivity index (χ4n) is 2.54. The molecule has 2 aromatic rings. The van der Waals surface area contributed by atoms with Crippen LogP contribution in [-0.2, 0) is 9.84 Å². The summed E-state index contributed by atoms with van der Waals surface area (Å²) >= 11 is 0. The van der Waals surface area contributed by atoms with Crippen molar-refractivity contribution in [1.29, 1.82) is 0 Å². The van der Waals surface area contributed by atoms with Crippen LogP contribution < -0.4 is 4.90 Å². The van der Waals surface area contributed by atoms with E-state index in [-0.39, 0.29) is 10.8 Å². The van der Waals surface area contributed by atoms with Crippen molar-refractivity contribution in [3.8, 4) is 0 Å². The number of carbonyl (C=O) groups is 1. The molecule has 0 bridgehead atoms. The molecule has 0 heterocycles. The van der Waals surface area contributed by atoms with Crippen molar-refractivity contribution in [1.82, 2.24) is 0 Å². The Morgan fingerprint density at radius 1 is 1.00 bits per heavy atom. The van der Waals surface area contributed by atoms with Crippen LogP contribution in [0, 0.1) is 0 Å². The van der Waals surface area contributed by atoms with Gasteiger partial charge in [0.25, 0.3) is 5.91 Å². The average molecular weight is 329 g/mol. The Kier molecular flexibility index (Phi) is 3.98. The first-order chi connectivity index (χ1) is 10.9. The molecule has 4 nitrogen and oxygen atoms in total. The zero-order valence-electron chi connectivity index (χ0n) is 13.2. The van der Waals surface area contributed by atoms with E-state index in [1.165, 1.54) is 35.4 Å². The molecule has 0 unspecified atom stereocenters. The van der Waals surface area contributed by atoms with Gasteiger partial charge in [-0.25, -0.2) is 8.42 Å². The van der Waals surface area contributed by atoms with Gasteiger partial charge in [-0.1, -0.05) is 12.1 Å². The highest BCUT2D eigenvalue weighted by molar-refractivity contribution is 7.90. The third-order valence-corrected chi connectivity index (χ3v) is 5.29. The second kappa shape index (κ2) is 5.81. The molecular weight excluding hydrogens is 310 g/mol. The van der Waals surface area contributed by atoms with E-state index in [0.29, 0.717) is 17.2 Å². The van der Waals surface area contributed by atoms with Crippen LogP contribution >= 0.6 is 0 Å². The van der Waals surface area contributed by atoms with Gasteiger partial charge in [0, 0.05) is 24.6 Å². The van der Waals surface area contributed by atoms with Crippen LogP contribution in [0.3, 0.4) is 0 Å². The largest absolute Gasteiger partial charge is 0.311 e. The van der Waals surface area contributed by atoms with Crippen LogP contribution in [0.25, 0.3) is 0 Å². The Labute approximate surface area is 136 Å². The first-order valence-corrected chi connectivity index (χ1v) is 9.43. The molecule has 0 atom stereocenters. The Bertz CT molecular complexity index is 820. The number of sulfone groups is 1. The molecule has 120 valence electrons. The summed E-state index contributed by atoms with van der Waals surface area (Å²) in [7, 11) is -1.54. The Hall–Kier alpha value is -2.14. The predicted molar refractivity (Wildman–Crippen MR) is 90.7 cm³/mol. The zero-order chi connectivity index (χ0) is 16.6. The van der Waals surface area contributed by atoms with Crippen molar-refractivity contribution in [2.75, 3.05) is 18.2 Å². The Balaban J connectivity index is 1.78. The molecule has 1 saturated carbocycles. The number of hydrogen-bond donors (Lipinski definition) is 0. The van der Waals surface area contributed by atoms with Gasteiger partial charge >= 0.3 is 0 Å². The van der Waals surface area contributed by atoms with E-state index in [1.807, 2.05) is 24.3 Å². The summed E-state index contributed by atoms with van der Waals surface area (Å²) in [6.45, 7) is 0. The summed E-state index contributed by atoms with van der Waals surface area (Å²) in [6.07, 6.45) is 3.64.